The van der Waals surface area contributed by atoms with Crippen LogP contribution in [0.2, 0.25) is 0 Å². The topological polar surface area (TPSA) is 106 Å². The molecule has 7 nitrogen and oxygen atoms in total. The van der Waals surface area contributed by atoms with Crippen LogP contribution in [0.15, 0.2) is 4.42 Å². The van der Waals surface area contributed by atoms with Crippen molar-refractivity contribution in [3.05, 3.63) is 0 Å². The first-order chi connectivity index (χ1) is 6.74. The predicted octanol–water partition coefficient (Wildman–Crippen LogP) is -0.658. The molecule has 7 heteroatoms. The molecule has 0 bridgehead atoms. The summed E-state index contributed by atoms with van der Waals surface area (Å²) in [5, 5.41) is 12.8. The van der Waals surface area contributed by atoms with E-state index >= 15 is 0 Å². The number of nitrogens with zero attached hydrogens (tertiary/aromatic N) is 2. The highest BCUT2D eigenvalue weighted by molar-refractivity contribution is 5.78. The molecule has 14 heavy (non-hydrogen) atoms. The van der Waals surface area contributed by atoms with Crippen LogP contribution in [-0.4, -0.2) is 28.7 Å². The fourth-order valence-corrected chi connectivity index (χ4v) is 1.35. The molecular weight excluding hydrogens is 186 g/mol. The van der Waals surface area contributed by atoms with Crippen molar-refractivity contribution in [3.8, 4) is 0 Å². The third-order valence-electron chi connectivity index (χ3n) is 2.03. The third-order valence-corrected chi connectivity index (χ3v) is 2.03. The van der Waals surface area contributed by atoms with Crippen LogP contribution >= 0.6 is 0 Å². The van der Waals surface area contributed by atoms with E-state index in [9.17, 15) is 4.79 Å². The lowest BCUT2D eigenvalue weighted by Crippen LogP contribution is -2.31. The summed E-state index contributed by atoms with van der Waals surface area (Å²) in [5.41, 5.74) is 5.23. The molecule has 1 aromatic heterocycles. The molecule has 1 aromatic rings. The van der Waals surface area contributed by atoms with E-state index in [2.05, 4.69) is 20.8 Å². The van der Waals surface area contributed by atoms with Gasteiger partial charge in [0.25, 0.3) is 0 Å². The molecule has 0 saturated carbocycles. The van der Waals surface area contributed by atoms with E-state index in [1.54, 1.807) is 0 Å². The second-order valence-electron chi connectivity index (χ2n) is 3.13. The van der Waals surface area contributed by atoms with E-state index in [4.69, 9.17) is 10.2 Å². The van der Waals surface area contributed by atoms with Crippen LogP contribution in [0.3, 0.4) is 0 Å². The molecule has 1 saturated heterocycles. The molecular formula is C7H11N5O2. The average Bonchev–Trinajstić information content (AvgIpc) is 2.72. The van der Waals surface area contributed by atoms with Gasteiger partial charge < -0.3 is 20.8 Å². The van der Waals surface area contributed by atoms with Gasteiger partial charge in [-0.25, -0.2) is 0 Å². The first-order valence-corrected chi connectivity index (χ1v) is 4.36. The van der Waals surface area contributed by atoms with Crippen LogP contribution in [0.1, 0.15) is 12.8 Å². The minimum atomic E-state index is 0.0305. The van der Waals surface area contributed by atoms with Crippen molar-refractivity contribution < 1.29 is 9.21 Å². The van der Waals surface area contributed by atoms with Gasteiger partial charge in [0.05, 0.1) is 0 Å². The lowest BCUT2D eigenvalue weighted by molar-refractivity contribution is -0.119. The minimum absolute atomic E-state index is 0.0305. The fraction of sp³-hybridized carbons (Fsp3) is 0.571. The largest absolute Gasteiger partial charge is 0.390 e. The summed E-state index contributed by atoms with van der Waals surface area (Å²) < 4.78 is 4.90. The van der Waals surface area contributed by atoms with Crippen LogP contribution in [-0.2, 0) is 4.79 Å². The Hall–Kier alpha value is -1.79. The molecule has 0 aliphatic carbocycles. The predicted molar refractivity (Wildman–Crippen MR) is 48.4 cm³/mol. The van der Waals surface area contributed by atoms with Crippen molar-refractivity contribution in [2.75, 3.05) is 17.6 Å². The second-order valence-corrected chi connectivity index (χ2v) is 3.13. The van der Waals surface area contributed by atoms with Crippen molar-refractivity contribution in [3.63, 3.8) is 0 Å². The second kappa shape index (κ2) is 3.52. The van der Waals surface area contributed by atoms with Gasteiger partial charge >= 0.3 is 12.0 Å². The number of nitrogen functional groups attached to an aromatic ring is 1. The first-order valence-electron chi connectivity index (χ1n) is 4.36. The Morgan fingerprint density at radius 3 is 3.07 bits per heavy atom. The summed E-state index contributed by atoms with van der Waals surface area (Å²) in [5.74, 6) is 0.0850. The van der Waals surface area contributed by atoms with Crippen LogP contribution in [0, 0.1) is 0 Å². The molecule has 2 heterocycles. The molecule has 1 amide bonds. The van der Waals surface area contributed by atoms with Crippen LogP contribution in [0.5, 0.6) is 0 Å². The highest BCUT2D eigenvalue weighted by Gasteiger charge is 2.20. The number of carbonyl (C=O) groups is 1. The van der Waals surface area contributed by atoms with Crippen LogP contribution in [0.25, 0.3) is 0 Å². The lowest BCUT2D eigenvalue weighted by Gasteiger charge is -2.08. The highest BCUT2D eigenvalue weighted by Crippen LogP contribution is 2.09. The molecule has 0 spiro atoms. The highest BCUT2D eigenvalue weighted by atomic mass is 16.4. The Kier molecular flexibility index (Phi) is 2.21. The zero-order chi connectivity index (χ0) is 9.97. The Morgan fingerprint density at radius 2 is 2.50 bits per heavy atom. The third kappa shape index (κ3) is 1.93. The minimum Gasteiger partial charge on any atom is -0.390 e. The van der Waals surface area contributed by atoms with Gasteiger partial charge in [-0.1, -0.05) is 10.2 Å². The van der Waals surface area contributed by atoms with Gasteiger partial charge in [-0.15, -0.1) is 0 Å². The number of nitrogens with two attached hydrogens (primary N) is 1. The lowest BCUT2D eigenvalue weighted by atomic mass is 10.2. The van der Waals surface area contributed by atoms with Gasteiger partial charge in [-0.05, 0) is 6.42 Å². The van der Waals surface area contributed by atoms with E-state index < -0.39 is 0 Å². The normalized spacial score (nSPS) is 20.9. The number of aromatic nitrogens is 2. The van der Waals surface area contributed by atoms with Gasteiger partial charge in [0.15, 0.2) is 0 Å². The molecule has 0 radical (unpaired) electrons. The maximum Gasteiger partial charge on any atom is 0.316 e. The number of amides is 1. The molecule has 2 rings (SSSR count). The van der Waals surface area contributed by atoms with E-state index in [0.29, 0.717) is 13.0 Å². The quantitative estimate of drug-likeness (QED) is 0.594. The van der Waals surface area contributed by atoms with Gasteiger partial charge in [-0.2, -0.15) is 0 Å². The Morgan fingerprint density at radius 1 is 1.64 bits per heavy atom. The molecule has 76 valence electrons. The van der Waals surface area contributed by atoms with Crippen LogP contribution in [0.4, 0.5) is 12.0 Å². The van der Waals surface area contributed by atoms with Gasteiger partial charge in [0, 0.05) is 19.0 Å². The maximum atomic E-state index is 10.9. The summed E-state index contributed by atoms with van der Waals surface area (Å²) in [6.45, 7) is 0.577. The SMILES string of the molecule is Nc1nnc(NCC2CCC(=O)N2)o1. The van der Waals surface area contributed by atoms with E-state index in [1.807, 2.05) is 0 Å². The average molecular weight is 197 g/mol. The zero-order valence-electron chi connectivity index (χ0n) is 7.49. The number of carbonyl (C=O) groups excluding carboxylic acids is 1. The molecule has 1 aliphatic rings. The summed E-state index contributed by atoms with van der Waals surface area (Å²) >= 11 is 0. The number of hydrogen-bond donors (Lipinski definition) is 3. The Labute approximate surface area is 80.1 Å². The maximum absolute atomic E-state index is 10.9. The molecule has 4 N–H and O–H groups in total. The smallest absolute Gasteiger partial charge is 0.316 e. The van der Waals surface area contributed by atoms with Gasteiger partial charge in [0.1, 0.15) is 0 Å². The van der Waals surface area contributed by atoms with Gasteiger partial charge in [0.2, 0.25) is 5.91 Å². The Bertz CT molecular complexity index is 337. The van der Waals surface area contributed by atoms with Crippen molar-refractivity contribution in [1.29, 1.82) is 0 Å². The molecule has 1 atom stereocenters. The van der Waals surface area contributed by atoms with Crippen LogP contribution < -0.4 is 16.4 Å². The first kappa shape index (κ1) is 8.79. The number of nitrogens with one attached hydrogen (secondary N) is 2. The molecule has 1 unspecified atom stereocenters. The summed E-state index contributed by atoms with van der Waals surface area (Å²) in [4.78, 5) is 10.9. The number of anilines is 2. The van der Waals surface area contributed by atoms with Crippen molar-refractivity contribution in [2.24, 2.45) is 0 Å². The zero-order valence-corrected chi connectivity index (χ0v) is 7.49. The monoisotopic (exact) mass is 197 g/mol. The number of hydrogen-bond acceptors (Lipinski definition) is 6. The van der Waals surface area contributed by atoms with Crippen molar-refractivity contribution >= 4 is 17.9 Å². The summed E-state index contributed by atoms with van der Waals surface area (Å²) in [6, 6.07) is 0.447. The Balaban J connectivity index is 1.80. The molecule has 1 aliphatic heterocycles. The van der Waals surface area contributed by atoms with Crippen molar-refractivity contribution in [1.82, 2.24) is 15.5 Å². The van der Waals surface area contributed by atoms with E-state index in [1.165, 1.54) is 0 Å². The van der Waals surface area contributed by atoms with Crippen molar-refractivity contribution in [2.45, 2.75) is 18.9 Å². The summed E-state index contributed by atoms with van der Waals surface area (Å²) in [7, 11) is 0. The summed E-state index contributed by atoms with van der Waals surface area (Å²) in [6.07, 6.45) is 1.41. The number of rotatable bonds is 3. The molecule has 1 fully saturated rings. The van der Waals surface area contributed by atoms with E-state index in [-0.39, 0.29) is 24.0 Å². The fourth-order valence-electron chi connectivity index (χ4n) is 1.35. The standard InChI is InChI=1S/C7H11N5O2/c8-6-11-12-7(14-6)9-3-4-1-2-5(13)10-4/h4H,1-3H2,(H2,8,11)(H,9,12)(H,10,13). The molecule has 0 aromatic carbocycles. The van der Waals surface area contributed by atoms with E-state index in [0.717, 1.165) is 6.42 Å². The van der Waals surface area contributed by atoms with Gasteiger partial charge in [-0.3, -0.25) is 4.79 Å².